The number of Topliss-reactive ketones (excluding diaryl/α,β-unsaturated/α-hetero) is 1. The second kappa shape index (κ2) is 6.51. The second-order valence-corrected chi connectivity index (χ2v) is 7.33. The van der Waals surface area contributed by atoms with Gasteiger partial charge in [-0.2, -0.15) is 0 Å². The summed E-state index contributed by atoms with van der Waals surface area (Å²) in [7, 11) is 0. The molecule has 1 heterocycles. The van der Waals surface area contributed by atoms with Crippen molar-refractivity contribution in [2.45, 2.75) is 31.7 Å². The van der Waals surface area contributed by atoms with Crippen molar-refractivity contribution < 1.29 is 23.2 Å². The number of amides is 3. The molecule has 1 N–H and O–H groups in total. The number of carbonyl (C=O) groups excluding carboxylic acids is 3. The molecule has 144 valence electrons. The fourth-order valence-corrected chi connectivity index (χ4v) is 3.88. The summed E-state index contributed by atoms with van der Waals surface area (Å²) in [4.78, 5) is 38.6. The summed E-state index contributed by atoms with van der Waals surface area (Å²) >= 11 is 0. The second-order valence-electron chi connectivity index (χ2n) is 7.33. The molecule has 28 heavy (non-hydrogen) atoms. The number of benzene rings is 2. The third-order valence-electron chi connectivity index (χ3n) is 5.46. The van der Waals surface area contributed by atoms with E-state index in [4.69, 9.17) is 0 Å². The molecule has 2 aliphatic rings. The van der Waals surface area contributed by atoms with Crippen LogP contribution in [0, 0.1) is 11.6 Å². The molecule has 1 aliphatic carbocycles. The lowest BCUT2D eigenvalue weighted by Crippen LogP contribution is -2.42. The Morgan fingerprint density at radius 1 is 1.11 bits per heavy atom. The van der Waals surface area contributed by atoms with Crippen molar-refractivity contribution in [2.24, 2.45) is 0 Å². The molecule has 2 aromatic carbocycles. The van der Waals surface area contributed by atoms with Crippen LogP contribution in [0.2, 0.25) is 0 Å². The molecule has 4 rings (SSSR count). The normalized spacial score (nSPS) is 21.0. The standard InChI is InChI=1S/C21H18F2N2O3/c1-21(16-10-15(22)7-8-17(16)23)19(27)25(20(28)24-21)11-18(26)14-6-5-12-3-2-4-13(12)9-14/h5-10H,2-4,11H2,1H3,(H,24,28). The van der Waals surface area contributed by atoms with Crippen LogP contribution in [0.25, 0.3) is 0 Å². The summed E-state index contributed by atoms with van der Waals surface area (Å²) in [6.07, 6.45) is 2.92. The molecule has 0 saturated carbocycles. The molecule has 7 heteroatoms. The van der Waals surface area contributed by atoms with Crippen LogP contribution in [0.5, 0.6) is 0 Å². The lowest BCUT2D eigenvalue weighted by atomic mass is 9.91. The van der Waals surface area contributed by atoms with Gasteiger partial charge < -0.3 is 5.32 Å². The van der Waals surface area contributed by atoms with Crippen molar-refractivity contribution in [1.82, 2.24) is 10.2 Å². The number of fused-ring (bicyclic) bond motifs is 1. The van der Waals surface area contributed by atoms with Gasteiger partial charge in [-0.25, -0.2) is 13.6 Å². The van der Waals surface area contributed by atoms with Crippen molar-refractivity contribution in [3.05, 3.63) is 70.3 Å². The van der Waals surface area contributed by atoms with Crippen molar-refractivity contribution in [1.29, 1.82) is 0 Å². The van der Waals surface area contributed by atoms with Gasteiger partial charge in [-0.15, -0.1) is 0 Å². The Hall–Kier alpha value is -3.09. The minimum absolute atomic E-state index is 0.279. The zero-order valence-corrected chi connectivity index (χ0v) is 15.2. The minimum atomic E-state index is -1.78. The minimum Gasteiger partial charge on any atom is -0.319 e. The molecule has 0 spiro atoms. The van der Waals surface area contributed by atoms with Gasteiger partial charge in [0.05, 0.1) is 6.54 Å². The van der Waals surface area contributed by atoms with E-state index in [-0.39, 0.29) is 11.3 Å². The highest BCUT2D eigenvalue weighted by molar-refractivity contribution is 6.11. The highest BCUT2D eigenvalue weighted by Gasteiger charge is 2.50. The third-order valence-corrected chi connectivity index (χ3v) is 5.46. The summed E-state index contributed by atoms with van der Waals surface area (Å²) in [5, 5.41) is 2.39. The number of carbonyl (C=O) groups is 3. The first-order chi connectivity index (χ1) is 13.3. The fourth-order valence-electron chi connectivity index (χ4n) is 3.88. The zero-order chi connectivity index (χ0) is 20.1. The van der Waals surface area contributed by atoms with Gasteiger partial charge in [0, 0.05) is 11.1 Å². The van der Waals surface area contributed by atoms with Gasteiger partial charge in [0.15, 0.2) is 5.78 Å². The molecule has 1 unspecified atom stereocenters. The molecule has 2 aromatic rings. The van der Waals surface area contributed by atoms with Gasteiger partial charge in [-0.3, -0.25) is 14.5 Å². The molecular formula is C21H18F2N2O3. The van der Waals surface area contributed by atoms with E-state index in [1.807, 2.05) is 6.07 Å². The van der Waals surface area contributed by atoms with E-state index in [9.17, 15) is 23.2 Å². The number of aryl methyl sites for hydroxylation is 2. The third kappa shape index (κ3) is 2.87. The van der Waals surface area contributed by atoms with E-state index < -0.39 is 35.7 Å². The van der Waals surface area contributed by atoms with Crippen LogP contribution in [0.1, 0.15) is 40.4 Å². The van der Waals surface area contributed by atoms with Crippen molar-refractivity contribution >= 4 is 17.7 Å². The van der Waals surface area contributed by atoms with Gasteiger partial charge >= 0.3 is 6.03 Å². The maximum atomic E-state index is 14.2. The summed E-state index contributed by atoms with van der Waals surface area (Å²) in [6, 6.07) is 7.27. The lowest BCUT2D eigenvalue weighted by Gasteiger charge is -2.22. The number of halogens is 2. The number of nitrogens with zero attached hydrogens (tertiary/aromatic N) is 1. The Bertz CT molecular complexity index is 1020. The Morgan fingerprint density at radius 3 is 2.64 bits per heavy atom. The molecule has 3 amide bonds. The SMILES string of the molecule is CC1(c2cc(F)ccc2F)NC(=O)N(CC(=O)c2ccc3c(c2)CCC3)C1=O. The molecule has 1 aliphatic heterocycles. The molecule has 0 bridgehead atoms. The fraction of sp³-hybridized carbons (Fsp3) is 0.286. The number of ketones is 1. The summed E-state index contributed by atoms with van der Waals surface area (Å²) in [5.41, 5.74) is 0.683. The summed E-state index contributed by atoms with van der Waals surface area (Å²) in [5.74, 6) is -2.73. The summed E-state index contributed by atoms with van der Waals surface area (Å²) in [6.45, 7) is 0.834. The summed E-state index contributed by atoms with van der Waals surface area (Å²) < 4.78 is 27.8. The van der Waals surface area contributed by atoms with Crippen molar-refractivity contribution in [3.8, 4) is 0 Å². The largest absolute Gasteiger partial charge is 0.325 e. The maximum absolute atomic E-state index is 14.2. The van der Waals surface area contributed by atoms with Gasteiger partial charge in [0.25, 0.3) is 5.91 Å². The number of hydrogen-bond acceptors (Lipinski definition) is 3. The predicted octanol–water partition coefficient (Wildman–Crippen LogP) is 3.10. The van der Waals surface area contributed by atoms with Gasteiger partial charge in [0.1, 0.15) is 17.2 Å². The topological polar surface area (TPSA) is 66.5 Å². The first-order valence-electron chi connectivity index (χ1n) is 9.04. The Morgan fingerprint density at radius 2 is 1.86 bits per heavy atom. The van der Waals surface area contributed by atoms with E-state index in [0.717, 1.165) is 47.9 Å². The van der Waals surface area contributed by atoms with Crippen molar-refractivity contribution in [3.63, 3.8) is 0 Å². The van der Waals surface area contributed by atoms with Crippen LogP contribution in [0.4, 0.5) is 13.6 Å². The van der Waals surface area contributed by atoms with Gasteiger partial charge in [0.2, 0.25) is 0 Å². The quantitative estimate of drug-likeness (QED) is 0.651. The molecule has 0 aromatic heterocycles. The predicted molar refractivity (Wildman–Crippen MR) is 96.8 cm³/mol. The van der Waals surface area contributed by atoms with E-state index in [1.54, 1.807) is 12.1 Å². The first-order valence-corrected chi connectivity index (χ1v) is 9.04. The molecule has 1 fully saturated rings. The zero-order valence-electron chi connectivity index (χ0n) is 15.2. The molecular weight excluding hydrogens is 366 g/mol. The average Bonchev–Trinajstić information content (AvgIpc) is 3.22. The van der Waals surface area contributed by atoms with Gasteiger partial charge in [-0.05, 0) is 61.6 Å². The molecule has 0 radical (unpaired) electrons. The van der Waals surface area contributed by atoms with Crippen LogP contribution in [0.3, 0.4) is 0 Å². The molecule has 5 nitrogen and oxygen atoms in total. The van der Waals surface area contributed by atoms with Crippen LogP contribution < -0.4 is 5.32 Å². The first kappa shape index (κ1) is 18.3. The number of hydrogen-bond donors (Lipinski definition) is 1. The average molecular weight is 384 g/mol. The Balaban J connectivity index is 1.59. The Labute approximate surface area is 160 Å². The van der Waals surface area contributed by atoms with Crippen molar-refractivity contribution in [2.75, 3.05) is 6.54 Å². The highest BCUT2D eigenvalue weighted by atomic mass is 19.1. The number of imide groups is 1. The van der Waals surface area contributed by atoms with Crippen LogP contribution in [-0.4, -0.2) is 29.2 Å². The van der Waals surface area contributed by atoms with Crippen LogP contribution in [-0.2, 0) is 23.2 Å². The van der Waals surface area contributed by atoms with Crippen LogP contribution >= 0.6 is 0 Å². The van der Waals surface area contributed by atoms with Gasteiger partial charge in [-0.1, -0.05) is 12.1 Å². The van der Waals surface area contributed by atoms with E-state index >= 15 is 0 Å². The molecule has 1 saturated heterocycles. The number of urea groups is 1. The highest BCUT2D eigenvalue weighted by Crippen LogP contribution is 2.31. The number of rotatable bonds is 4. The lowest BCUT2D eigenvalue weighted by molar-refractivity contribution is -0.130. The monoisotopic (exact) mass is 384 g/mol. The van der Waals surface area contributed by atoms with E-state index in [0.29, 0.717) is 5.56 Å². The maximum Gasteiger partial charge on any atom is 0.325 e. The smallest absolute Gasteiger partial charge is 0.319 e. The van der Waals surface area contributed by atoms with E-state index in [1.165, 1.54) is 12.5 Å². The van der Waals surface area contributed by atoms with E-state index in [2.05, 4.69) is 5.32 Å². The Kier molecular flexibility index (Phi) is 4.25. The van der Waals surface area contributed by atoms with Crippen LogP contribution in [0.15, 0.2) is 36.4 Å². The number of nitrogens with one attached hydrogen (secondary N) is 1. The molecule has 1 atom stereocenters.